The van der Waals surface area contributed by atoms with E-state index >= 15 is 0 Å². The Bertz CT molecular complexity index is 113. The van der Waals surface area contributed by atoms with E-state index < -0.39 is 0 Å². The molecule has 1 unspecified atom stereocenters. The second kappa shape index (κ2) is 5.19. The van der Waals surface area contributed by atoms with Crippen molar-refractivity contribution in [1.82, 2.24) is 4.67 Å². The van der Waals surface area contributed by atoms with Gasteiger partial charge in [0, 0.05) is 12.1 Å². The number of rotatable bonds is 4. The average Bonchev–Trinajstić information content (AvgIpc) is 1.85. The Hall–Kier alpha value is 0.390. The maximum Gasteiger partial charge on any atom is 0.00803 e. The molecule has 0 aromatic heterocycles. The topological polar surface area (TPSA) is 3.24 Å². The molecule has 1 nitrogen and oxygen atoms in total. The minimum Gasteiger partial charge on any atom is -0.277 e. The third-order valence-corrected chi connectivity index (χ3v) is 5.32. The van der Waals surface area contributed by atoms with Gasteiger partial charge in [-0.05, 0) is 48.1 Å². The summed E-state index contributed by atoms with van der Waals surface area (Å²) in [5.74, 6) is 0. The Labute approximate surface area is 79.3 Å². The molecule has 0 aromatic carbocycles. The molecule has 0 heterocycles. The average molecular weight is 189 g/mol. The highest BCUT2D eigenvalue weighted by Crippen LogP contribution is 2.43. The van der Waals surface area contributed by atoms with E-state index in [1.165, 1.54) is 0 Å². The fourth-order valence-corrected chi connectivity index (χ4v) is 3.58. The molecular weight excluding hydrogens is 165 g/mol. The monoisotopic (exact) mass is 189 g/mol. The van der Waals surface area contributed by atoms with E-state index in [4.69, 9.17) is 0 Å². The highest BCUT2D eigenvalue weighted by atomic mass is 31.1. The first-order chi connectivity index (χ1) is 5.37. The van der Waals surface area contributed by atoms with Gasteiger partial charge in [0.1, 0.15) is 0 Å². The summed E-state index contributed by atoms with van der Waals surface area (Å²) in [6, 6.07) is 1.37. The number of hydrogen-bond acceptors (Lipinski definition) is 1. The summed E-state index contributed by atoms with van der Waals surface area (Å²) in [6.45, 7) is 16.2. The molecule has 0 aliphatic rings. The molecule has 1 atom stereocenters. The van der Waals surface area contributed by atoms with Gasteiger partial charge in [-0.1, -0.05) is 13.8 Å². The van der Waals surface area contributed by atoms with E-state index in [0.717, 1.165) is 5.66 Å². The van der Waals surface area contributed by atoms with Gasteiger partial charge < -0.3 is 0 Å². The zero-order valence-corrected chi connectivity index (χ0v) is 10.5. The van der Waals surface area contributed by atoms with Gasteiger partial charge in [0.2, 0.25) is 0 Å². The number of nitrogens with zero attached hydrogens (tertiary/aromatic N) is 1. The molecule has 12 heavy (non-hydrogen) atoms. The van der Waals surface area contributed by atoms with E-state index in [-0.39, 0.29) is 8.07 Å². The second-order valence-corrected chi connectivity index (χ2v) is 6.88. The summed E-state index contributed by atoms with van der Waals surface area (Å²) in [6.07, 6.45) is 0. The molecule has 0 aromatic rings. The van der Waals surface area contributed by atoms with Crippen LogP contribution in [0, 0.1) is 0 Å². The van der Waals surface area contributed by atoms with Crippen LogP contribution in [0.1, 0.15) is 41.5 Å². The Balaban J connectivity index is 4.30. The van der Waals surface area contributed by atoms with Crippen molar-refractivity contribution in [3.8, 4) is 0 Å². The van der Waals surface area contributed by atoms with Gasteiger partial charge in [-0.15, -0.1) is 0 Å². The Morgan fingerprint density at radius 2 is 1.17 bits per heavy atom. The first-order valence-corrected chi connectivity index (χ1v) is 6.70. The zero-order valence-electron chi connectivity index (χ0n) is 9.63. The van der Waals surface area contributed by atoms with E-state index in [9.17, 15) is 0 Å². The van der Waals surface area contributed by atoms with Gasteiger partial charge >= 0.3 is 0 Å². The lowest BCUT2D eigenvalue weighted by Crippen LogP contribution is -2.33. The Morgan fingerprint density at radius 1 is 0.833 bits per heavy atom. The van der Waals surface area contributed by atoms with Crippen LogP contribution in [-0.4, -0.2) is 29.1 Å². The normalized spacial score (nSPS) is 15.2. The van der Waals surface area contributed by atoms with Crippen LogP contribution in [0.4, 0.5) is 0 Å². The van der Waals surface area contributed by atoms with Crippen molar-refractivity contribution in [3.63, 3.8) is 0 Å². The highest BCUT2D eigenvalue weighted by Gasteiger charge is 2.21. The Morgan fingerprint density at radius 3 is 1.25 bits per heavy atom. The van der Waals surface area contributed by atoms with Gasteiger partial charge in [0.15, 0.2) is 0 Å². The highest BCUT2D eigenvalue weighted by molar-refractivity contribution is 7.55. The van der Waals surface area contributed by atoms with E-state index in [2.05, 4.69) is 52.9 Å². The van der Waals surface area contributed by atoms with Crippen LogP contribution in [0.5, 0.6) is 0 Å². The molecule has 0 aliphatic carbocycles. The predicted octanol–water partition coefficient (Wildman–Crippen LogP) is 3.54. The standard InChI is InChI=1S/C10H24NP/c1-8(2)11(9(3)4)12(7)10(5)6/h8-10H,1-7H3. The maximum absolute atomic E-state index is 2.64. The molecule has 74 valence electrons. The Kier molecular flexibility index (Phi) is 5.36. The molecule has 0 saturated carbocycles. The lowest BCUT2D eigenvalue weighted by molar-refractivity contribution is 0.321. The molecular formula is C10H24NP. The van der Waals surface area contributed by atoms with E-state index in [1.807, 2.05) is 0 Å². The summed E-state index contributed by atoms with van der Waals surface area (Å²) in [5, 5.41) is 0. The van der Waals surface area contributed by atoms with Crippen molar-refractivity contribution >= 4 is 8.07 Å². The van der Waals surface area contributed by atoms with Crippen molar-refractivity contribution in [2.75, 3.05) is 6.66 Å². The fraction of sp³-hybridized carbons (Fsp3) is 1.00. The molecule has 0 spiro atoms. The largest absolute Gasteiger partial charge is 0.277 e. The summed E-state index contributed by atoms with van der Waals surface area (Å²) in [5.41, 5.74) is 0.810. The molecule has 0 bridgehead atoms. The smallest absolute Gasteiger partial charge is 0.00803 e. The second-order valence-electron chi connectivity index (χ2n) is 4.23. The van der Waals surface area contributed by atoms with Crippen molar-refractivity contribution < 1.29 is 0 Å². The molecule has 0 rings (SSSR count). The fourth-order valence-electron chi connectivity index (χ4n) is 1.59. The third kappa shape index (κ3) is 3.41. The van der Waals surface area contributed by atoms with Crippen LogP contribution in [0.3, 0.4) is 0 Å². The SMILES string of the molecule is CC(C)N(C(C)C)P(C)C(C)C. The first-order valence-electron chi connectivity index (χ1n) is 4.89. The van der Waals surface area contributed by atoms with Crippen molar-refractivity contribution in [3.05, 3.63) is 0 Å². The first kappa shape index (κ1) is 12.4. The lowest BCUT2D eigenvalue weighted by Gasteiger charge is -2.38. The quantitative estimate of drug-likeness (QED) is 0.611. The maximum atomic E-state index is 2.64. The van der Waals surface area contributed by atoms with Gasteiger partial charge in [-0.3, -0.25) is 4.67 Å². The molecule has 0 radical (unpaired) electrons. The van der Waals surface area contributed by atoms with Crippen molar-refractivity contribution in [2.45, 2.75) is 59.3 Å². The minimum atomic E-state index is 0.0514. The van der Waals surface area contributed by atoms with Gasteiger partial charge in [-0.25, -0.2) is 0 Å². The predicted molar refractivity (Wildman–Crippen MR) is 60.1 cm³/mol. The van der Waals surface area contributed by atoms with Gasteiger partial charge in [0.05, 0.1) is 0 Å². The summed E-state index contributed by atoms with van der Waals surface area (Å²) in [7, 11) is 0.0514. The van der Waals surface area contributed by atoms with Crippen LogP contribution < -0.4 is 0 Å². The van der Waals surface area contributed by atoms with Crippen molar-refractivity contribution in [2.24, 2.45) is 0 Å². The molecule has 0 saturated heterocycles. The molecule has 0 fully saturated rings. The van der Waals surface area contributed by atoms with Crippen LogP contribution in [0.2, 0.25) is 0 Å². The zero-order chi connectivity index (χ0) is 9.89. The minimum absolute atomic E-state index is 0.0514. The van der Waals surface area contributed by atoms with E-state index in [1.54, 1.807) is 0 Å². The summed E-state index contributed by atoms with van der Waals surface area (Å²) >= 11 is 0. The molecule has 0 amide bonds. The van der Waals surface area contributed by atoms with E-state index in [0.29, 0.717) is 12.1 Å². The molecule has 0 N–H and O–H groups in total. The summed E-state index contributed by atoms with van der Waals surface area (Å²) < 4.78 is 2.64. The molecule has 0 aliphatic heterocycles. The van der Waals surface area contributed by atoms with Crippen LogP contribution in [0.25, 0.3) is 0 Å². The third-order valence-electron chi connectivity index (χ3n) is 2.17. The molecule has 2 heteroatoms. The van der Waals surface area contributed by atoms with Crippen LogP contribution in [0.15, 0.2) is 0 Å². The van der Waals surface area contributed by atoms with Crippen LogP contribution >= 0.6 is 8.07 Å². The lowest BCUT2D eigenvalue weighted by atomic mass is 10.3. The number of hydrogen-bond donors (Lipinski definition) is 0. The van der Waals surface area contributed by atoms with Crippen LogP contribution in [-0.2, 0) is 0 Å². The van der Waals surface area contributed by atoms with Gasteiger partial charge in [0.25, 0.3) is 0 Å². The van der Waals surface area contributed by atoms with Gasteiger partial charge in [-0.2, -0.15) is 0 Å². The summed E-state index contributed by atoms with van der Waals surface area (Å²) in [4.78, 5) is 0. The van der Waals surface area contributed by atoms with Crippen molar-refractivity contribution in [1.29, 1.82) is 0 Å².